The first-order valence-electron chi connectivity index (χ1n) is 4.40. The Balaban J connectivity index is 1.99. The van der Waals surface area contributed by atoms with E-state index in [-0.39, 0.29) is 0 Å². The summed E-state index contributed by atoms with van der Waals surface area (Å²) in [7, 11) is 0. The molecule has 0 bridgehead atoms. The SMILES string of the molecule is NNc1snnc1CN1CCCC1. The molecule has 1 aliphatic rings. The molecule has 13 heavy (non-hydrogen) atoms. The molecule has 1 aromatic heterocycles. The van der Waals surface area contributed by atoms with Crippen molar-refractivity contribution in [3.05, 3.63) is 5.69 Å². The lowest BCUT2D eigenvalue weighted by atomic mass is 10.4. The van der Waals surface area contributed by atoms with E-state index in [1.54, 1.807) is 0 Å². The van der Waals surface area contributed by atoms with Crippen LogP contribution in [0.15, 0.2) is 0 Å². The molecule has 0 aromatic carbocycles. The third-order valence-electron chi connectivity index (χ3n) is 2.26. The van der Waals surface area contributed by atoms with Gasteiger partial charge in [0.05, 0.1) is 0 Å². The molecular weight excluding hydrogens is 186 g/mol. The molecule has 1 fully saturated rings. The molecule has 72 valence electrons. The third-order valence-corrected chi connectivity index (χ3v) is 2.96. The van der Waals surface area contributed by atoms with Gasteiger partial charge in [-0.2, -0.15) is 0 Å². The van der Waals surface area contributed by atoms with Gasteiger partial charge in [-0.25, -0.2) is 5.84 Å². The number of nitrogen functional groups attached to an aromatic ring is 1. The van der Waals surface area contributed by atoms with Crippen molar-refractivity contribution in [2.45, 2.75) is 19.4 Å². The Morgan fingerprint density at radius 3 is 2.92 bits per heavy atom. The molecule has 6 heteroatoms. The number of likely N-dealkylation sites (tertiary alicyclic amines) is 1. The lowest BCUT2D eigenvalue weighted by Crippen LogP contribution is -2.20. The molecule has 0 aliphatic carbocycles. The smallest absolute Gasteiger partial charge is 0.148 e. The van der Waals surface area contributed by atoms with Gasteiger partial charge in [0, 0.05) is 18.1 Å². The van der Waals surface area contributed by atoms with Gasteiger partial charge in [-0.3, -0.25) is 4.90 Å². The summed E-state index contributed by atoms with van der Waals surface area (Å²) < 4.78 is 3.86. The maximum atomic E-state index is 5.33. The number of aromatic nitrogens is 2. The molecule has 0 radical (unpaired) electrons. The minimum Gasteiger partial charge on any atom is -0.313 e. The summed E-state index contributed by atoms with van der Waals surface area (Å²) in [6.07, 6.45) is 2.59. The van der Waals surface area contributed by atoms with Gasteiger partial charge in [0.25, 0.3) is 0 Å². The Labute approximate surface area is 81.1 Å². The van der Waals surface area contributed by atoms with Gasteiger partial charge >= 0.3 is 0 Å². The van der Waals surface area contributed by atoms with E-state index < -0.39 is 0 Å². The third kappa shape index (κ3) is 1.96. The summed E-state index contributed by atoms with van der Waals surface area (Å²) in [6, 6.07) is 0. The van der Waals surface area contributed by atoms with Gasteiger partial charge in [-0.05, 0) is 25.9 Å². The molecule has 5 nitrogen and oxygen atoms in total. The van der Waals surface area contributed by atoms with Crippen molar-refractivity contribution in [2.75, 3.05) is 18.5 Å². The maximum absolute atomic E-state index is 5.33. The van der Waals surface area contributed by atoms with E-state index in [1.807, 2.05) is 0 Å². The molecule has 1 saturated heterocycles. The fourth-order valence-corrected chi connectivity index (χ4v) is 2.06. The number of rotatable bonds is 3. The minimum atomic E-state index is 0.871. The minimum absolute atomic E-state index is 0.871. The number of nitrogens with two attached hydrogens (primary N) is 1. The first-order chi connectivity index (χ1) is 6.40. The molecular formula is C7H13N5S. The lowest BCUT2D eigenvalue weighted by Gasteiger charge is -2.12. The Morgan fingerprint density at radius 2 is 2.23 bits per heavy atom. The van der Waals surface area contributed by atoms with Crippen LogP contribution in [0, 0.1) is 0 Å². The van der Waals surface area contributed by atoms with Crippen LogP contribution in [0.2, 0.25) is 0 Å². The normalized spacial score (nSPS) is 17.9. The van der Waals surface area contributed by atoms with Crippen molar-refractivity contribution in [3.8, 4) is 0 Å². The summed E-state index contributed by atoms with van der Waals surface area (Å²) in [5, 5.41) is 4.92. The highest BCUT2D eigenvalue weighted by atomic mass is 32.1. The van der Waals surface area contributed by atoms with Gasteiger partial charge in [-0.15, -0.1) is 5.10 Å². The van der Waals surface area contributed by atoms with Crippen LogP contribution < -0.4 is 11.3 Å². The average Bonchev–Trinajstić information content (AvgIpc) is 2.76. The molecule has 2 rings (SSSR count). The predicted octanol–water partition coefficient (Wildman–Crippen LogP) is 0.419. The number of hydrogen-bond acceptors (Lipinski definition) is 6. The first kappa shape index (κ1) is 8.86. The number of hydrazine groups is 1. The molecule has 0 saturated carbocycles. The van der Waals surface area contributed by atoms with E-state index in [9.17, 15) is 0 Å². The van der Waals surface area contributed by atoms with E-state index in [4.69, 9.17) is 5.84 Å². The number of nitrogens with zero attached hydrogens (tertiary/aromatic N) is 3. The van der Waals surface area contributed by atoms with Gasteiger partial charge in [-0.1, -0.05) is 4.49 Å². The Morgan fingerprint density at radius 1 is 1.46 bits per heavy atom. The van der Waals surface area contributed by atoms with Crippen molar-refractivity contribution in [3.63, 3.8) is 0 Å². The fraction of sp³-hybridized carbons (Fsp3) is 0.714. The van der Waals surface area contributed by atoms with Crippen LogP contribution in [0.5, 0.6) is 0 Å². The highest BCUT2D eigenvalue weighted by Crippen LogP contribution is 2.19. The molecule has 0 atom stereocenters. The topological polar surface area (TPSA) is 67.1 Å². The van der Waals surface area contributed by atoms with Crippen LogP contribution in [-0.4, -0.2) is 27.6 Å². The molecule has 0 unspecified atom stereocenters. The zero-order valence-electron chi connectivity index (χ0n) is 7.36. The van der Waals surface area contributed by atoms with Crippen LogP contribution in [0.4, 0.5) is 5.00 Å². The van der Waals surface area contributed by atoms with Crippen LogP contribution in [0.25, 0.3) is 0 Å². The molecule has 2 heterocycles. The van der Waals surface area contributed by atoms with Crippen molar-refractivity contribution < 1.29 is 0 Å². The van der Waals surface area contributed by atoms with Crippen LogP contribution in [0.3, 0.4) is 0 Å². The van der Waals surface area contributed by atoms with Crippen LogP contribution in [0.1, 0.15) is 18.5 Å². The zero-order valence-corrected chi connectivity index (χ0v) is 8.18. The van der Waals surface area contributed by atoms with E-state index in [1.165, 1.54) is 37.5 Å². The number of nitrogens with one attached hydrogen (secondary N) is 1. The van der Waals surface area contributed by atoms with Gasteiger partial charge in [0.15, 0.2) is 0 Å². The van der Waals surface area contributed by atoms with Gasteiger partial charge in [0.2, 0.25) is 0 Å². The van der Waals surface area contributed by atoms with Crippen molar-refractivity contribution in [2.24, 2.45) is 5.84 Å². The molecule has 1 aliphatic heterocycles. The number of anilines is 1. The van der Waals surface area contributed by atoms with Crippen molar-refractivity contribution in [1.82, 2.24) is 14.5 Å². The summed E-state index contributed by atoms with van der Waals surface area (Å²) >= 11 is 1.31. The van der Waals surface area contributed by atoms with Crippen molar-refractivity contribution >= 4 is 16.5 Å². The van der Waals surface area contributed by atoms with E-state index in [0.717, 1.165) is 17.2 Å². The molecule has 0 spiro atoms. The Kier molecular flexibility index (Phi) is 2.72. The monoisotopic (exact) mass is 199 g/mol. The first-order valence-corrected chi connectivity index (χ1v) is 5.17. The van der Waals surface area contributed by atoms with E-state index in [0.29, 0.717) is 0 Å². The second kappa shape index (κ2) is 3.99. The highest BCUT2D eigenvalue weighted by molar-refractivity contribution is 7.10. The summed E-state index contributed by atoms with van der Waals surface area (Å²) in [6.45, 7) is 3.21. The summed E-state index contributed by atoms with van der Waals surface area (Å²) in [4.78, 5) is 2.37. The van der Waals surface area contributed by atoms with E-state index in [2.05, 4.69) is 19.9 Å². The highest BCUT2D eigenvalue weighted by Gasteiger charge is 2.15. The van der Waals surface area contributed by atoms with E-state index >= 15 is 0 Å². The predicted molar refractivity (Wildman–Crippen MR) is 52.2 cm³/mol. The zero-order chi connectivity index (χ0) is 9.10. The Hall–Kier alpha value is -0.720. The summed E-state index contributed by atoms with van der Waals surface area (Å²) in [5.74, 6) is 5.33. The second-order valence-corrected chi connectivity index (χ2v) is 3.93. The van der Waals surface area contributed by atoms with Crippen LogP contribution in [-0.2, 0) is 6.54 Å². The second-order valence-electron chi connectivity index (χ2n) is 3.18. The van der Waals surface area contributed by atoms with Gasteiger partial charge in [0.1, 0.15) is 10.7 Å². The maximum Gasteiger partial charge on any atom is 0.148 e. The standard InChI is InChI=1S/C7H13N5S/c8-9-7-6(10-11-13-7)5-12-3-1-2-4-12/h9H,1-5,8H2. The fourth-order valence-electron chi connectivity index (χ4n) is 1.57. The quantitative estimate of drug-likeness (QED) is 0.545. The Bertz CT molecular complexity index is 268. The molecule has 3 N–H and O–H groups in total. The average molecular weight is 199 g/mol. The summed E-state index contributed by atoms with van der Waals surface area (Å²) in [5.41, 5.74) is 3.58. The van der Waals surface area contributed by atoms with Crippen LogP contribution >= 0.6 is 11.5 Å². The molecule has 1 aromatic rings. The number of hydrogen-bond donors (Lipinski definition) is 2. The largest absolute Gasteiger partial charge is 0.313 e. The molecule has 0 amide bonds. The van der Waals surface area contributed by atoms with Gasteiger partial charge < -0.3 is 5.43 Å². The van der Waals surface area contributed by atoms with Crippen molar-refractivity contribution in [1.29, 1.82) is 0 Å². The lowest BCUT2D eigenvalue weighted by molar-refractivity contribution is 0.327.